The van der Waals surface area contributed by atoms with E-state index in [0.717, 1.165) is 31.8 Å². The van der Waals surface area contributed by atoms with E-state index >= 15 is 0 Å². The number of halogens is 1. The molecule has 19 heavy (non-hydrogen) atoms. The summed E-state index contributed by atoms with van der Waals surface area (Å²) in [4.78, 5) is 14.2. The van der Waals surface area contributed by atoms with Gasteiger partial charge in [0.15, 0.2) is 0 Å². The molecule has 0 saturated heterocycles. The molecule has 0 bridgehead atoms. The molecule has 1 aliphatic rings. The third-order valence-electron chi connectivity index (χ3n) is 3.40. The maximum atomic E-state index is 6.16. The first-order valence-electron chi connectivity index (χ1n) is 6.19. The molecule has 4 nitrogen and oxygen atoms in total. The van der Waals surface area contributed by atoms with Crippen LogP contribution < -0.4 is 5.32 Å². The summed E-state index contributed by atoms with van der Waals surface area (Å²) in [5, 5.41) is 5.19. The van der Waals surface area contributed by atoms with Crippen molar-refractivity contribution in [3.63, 3.8) is 0 Å². The van der Waals surface area contributed by atoms with E-state index in [1.165, 1.54) is 12.8 Å². The Morgan fingerprint density at radius 3 is 2.95 bits per heavy atom. The molecule has 3 aromatic rings. The molecule has 1 aliphatic carbocycles. The lowest BCUT2D eigenvalue weighted by atomic mass is 10.2. The number of anilines is 1. The second kappa shape index (κ2) is 4.02. The molecule has 0 radical (unpaired) electrons. The van der Waals surface area contributed by atoms with Gasteiger partial charge >= 0.3 is 0 Å². The fraction of sp³-hybridized carbons (Fsp3) is 0.308. The van der Waals surface area contributed by atoms with E-state index in [4.69, 9.17) is 11.6 Å². The standard InChI is InChI=1S/C13H11ClN4S/c1-6-8(14)4-15-13-9(6)10-11(19-13)12(17-5-16-10)18-7-2-3-7/h4-5,7H,2-3H2,1H3,(H,16,17,18). The van der Waals surface area contributed by atoms with Crippen molar-refractivity contribution < 1.29 is 0 Å². The van der Waals surface area contributed by atoms with Gasteiger partial charge in [-0.1, -0.05) is 11.6 Å². The molecule has 0 unspecified atom stereocenters. The van der Waals surface area contributed by atoms with E-state index in [1.54, 1.807) is 23.9 Å². The first-order chi connectivity index (χ1) is 9.24. The molecule has 96 valence electrons. The van der Waals surface area contributed by atoms with Gasteiger partial charge in [0.2, 0.25) is 0 Å². The molecule has 0 aliphatic heterocycles. The van der Waals surface area contributed by atoms with E-state index in [9.17, 15) is 0 Å². The van der Waals surface area contributed by atoms with Gasteiger partial charge in [-0.3, -0.25) is 0 Å². The van der Waals surface area contributed by atoms with Crippen molar-refractivity contribution >= 4 is 49.2 Å². The van der Waals surface area contributed by atoms with Gasteiger partial charge < -0.3 is 5.32 Å². The van der Waals surface area contributed by atoms with Crippen LogP contribution in [0.3, 0.4) is 0 Å². The smallest absolute Gasteiger partial charge is 0.147 e. The molecule has 0 spiro atoms. The van der Waals surface area contributed by atoms with Gasteiger partial charge in [-0.25, -0.2) is 15.0 Å². The van der Waals surface area contributed by atoms with Crippen molar-refractivity contribution in [3.05, 3.63) is 23.1 Å². The maximum absolute atomic E-state index is 6.16. The van der Waals surface area contributed by atoms with Crippen LogP contribution in [0.5, 0.6) is 0 Å². The zero-order chi connectivity index (χ0) is 13.0. The minimum absolute atomic E-state index is 0.570. The molecule has 0 amide bonds. The van der Waals surface area contributed by atoms with Gasteiger partial charge in [-0.05, 0) is 25.3 Å². The second-order valence-electron chi connectivity index (χ2n) is 4.83. The molecule has 1 N–H and O–H groups in total. The van der Waals surface area contributed by atoms with Gasteiger partial charge in [0, 0.05) is 17.6 Å². The van der Waals surface area contributed by atoms with Crippen LogP contribution in [0, 0.1) is 6.92 Å². The molecule has 0 atom stereocenters. The van der Waals surface area contributed by atoms with E-state index in [1.807, 2.05) is 6.92 Å². The Hall–Kier alpha value is -1.46. The molecule has 0 aromatic carbocycles. The SMILES string of the molecule is Cc1c(Cl)cnc2sc3c(NC4CC4)ncnc3c12. The lowest BCUT2D eigenvalue weighted by Crippen LogP contribution is -2.03. The Kier molecular flexibility index (Phi) is 2.40. The topological polar surface area (TPSA) is 50.7 Å². The lowest BCUT2D eigenvalue weighted by Gasteiger charge is -2.03. The van der Waals surface area contributed by atoms with E-state index in [-0.39, 0.29) is 0 Å². The summed E-state index contributed by atoms with van der Waals surface area (Å²) in [6, 6.07) is 0.570. The van der Waals surface area contributed by atoms with E-state index < -0.39 is 0 Å². The van der Waals surface area contributed by atoms with Gasteiger partial charge in [0.1, 0.15) is 17.0 Å². The Morgan fingerprint density at radius 2 is 2.16 bits per heavy atom. The number of nitrogens with one attached hydrogen (secondary N) is 1. The quantitative estimate of drug-likeness (QED) is 0.780. The number of thiophene rings is 1. The van der Waals surface area contributed by atoms with Gasteiger partial charge in [0.25, 0.3) is 0 Å². The summed E-state index contributed by atoms with van der Waals surface area (Å²) in [5.74, 6) is 0.922. The number of hydrogen-bond acceptors (Lipinski definition) is 5. The fourth-order valence-corrected chi connectivity index (χ4v) is 3.44. The summed E-state index contributed by atoms with van der Waals surface area (Å²) in [6.45, 7) is 2.01. The van der Waals surface area contributed by atoms with Crippen LogP contribution in [0.1, 0.15) is 18.4 Å². The van der Waals surface area contributed by atoms with Crippen LogP contribution in [-0.4, -0.2) is 21.0 Å². The average molecular weight is 291 g/mol. The molecule has 3 aromatic heterocycles. The Labute approximate surface area is 118 Å². The van der Waals surface area contributed by atoms with Crippen LogP contribution in [0.15, 0.2) is 12.5 Å². The van der Waals surface area contributed by atoms with Crippen molar-refractivity contribution in [2.45, 2.75) is 25.8 Å². The zero-order valence-corrected chi connectivity index (χ0v) is 11.8. The maximum Gasteiger partial charge on any atom is 0.147 e. The summed E-state index contributed by atoms with van der Waals surface area (Å²) < 4.78 is 1.07. The minimum Gasteiger partial charge on any atom is -0.366 e. The van der Waals surface area contributed by atoms with Gasteiger partial charge in [-0.15, -0.1) is 11.3 Å². The van der Waals surface area contributed by atoms with Crippen LogP contribution in [0.25, 0.3) is 20.4 Å². The molecule has 3 heterocycles. The third kappa shape index (κ3) is 1.76. The highest BCUT2D eigenvalue weighted by Gasteiger charge is 2.23. The average Bonchev–Trinajstić information content (AvgIpc) is 3.13. The van der Waals surface area contributed by atoms with Crippen molar-refractivity contribution in [3.8, 4) is 0 Å². The van der Waals surface area contributed by atoms with Crippen LogP contribution in [0.2, 0.25) is 5.02 Å². The van der Waals surface area contributed by atoms with Crippen molar-refractivity contribution in [2.24, 2.45) is 0 Å². The van der Waals surface area contributed by atoms with Gasteiger partial charge in [0.05, 0.1) is 15.2 Å². The minimum atomic E-state index is 0.570. The van der Waals surface area contributed by atoms with Crippen molar-refractivity contribution in [1.29, 1.82) is 0 Å². The van der Waals surface area contributed by atoms with Crippen molar-refractivity contribution in [2.75, 3.05) is 5.32 Å². The Bertz CT molecular complexity index is 794. The highest BCUT2D eigenvalue weighted by atomic mass is 35.5. The number of fused-ring (bicyclic) bond motifs is 3. The van der Waals surface area contributed by atoms with E-state index in [0.29, 0.717) is 11.1 Å². The van der Waals surface area contributed by atoms with Crippen LogP contribution in [-0.2, 0) is 0 Å². The molecule has 1 fully saturated rings. The molecular formula is C13H11ClN4S. The first kappa shape index (κ1) is 11.4. The van der Waals surface area contributed by atoms with Crippen LogP contribution >= 0.6 is 22.9 Å². The summed E-state index contributed by atoms with van der Waals surface area (Å²) in [6.07, 6.45) is 5.76. The molecule has 4 rings (SSSR count). The number of aromatic nitrogens is 3. The Morgan fingerprint density at radius 1 is 1.32 bits per heavy atom. The highest BCUT2D eigenvalue weighted by molar-refractivity contribution is 7.26. The molecule has 1 saturated carbocycles. The summed E-state index contributed by atoms with van der Waals surface area (Å²) in [7, 11) is 0. The zero-order valence-electron chi connectivity index (χ0n) is 10.3. The third-order valence-corrected chi connectivity index (χ3v) is 4.87. The fourth-order valence-electron chi connectivity index (χ4n) is 2.18. The van der Waals surface area contributed by atoms with Gasteiger partial charge in [-0.2, -0.15) is 0 Å². The monoisotopic (exact) mass is 290 g/mol. The normalized spacial score (nSPS) is 15.3. The predicted molar refractivity (Wildman–Crippen MR) is 79.1 cm³/mol. The summed E-state index contributed by atoms with van der Waals surface area (Å²) in [5.41, 5.74) is 1.99. The number of hydrogen-bond donors (Lipinski definition) is 1. The molecular weight excluding hydrogens is 280 g/mol. The summed E-state index contributed by atoms with van der Waals surface area (Å²) >= 11 is 7.79. The predicted octanol–water partition coefficient (Wildman–Crippen LogP) is 3.78. The number of pyridine rings is 1. The molecule has 6 heteroatoms. The lowest BCUT2D eigenvalue weighted by molar-refractivity contribution is 1.11. The van der Waals surface area contributed by atoms with E-state index in [2.05, 4.69) is 20.3 Å². The second-order valence-corrected chi connectivity index (χ2v) is 6.24. The first-order valence-corrected chi connectivity index (χ1v) is 7.38. The van der Waals surface area contributed by atoms with Crippen LogP contribution in [0.4, 0.5) is 5.82 Å². The highest BCUT2D eigenvalue weighted by Crippen LogP contribution is 2.39. The largest absolute Gasteiger partial charge is 0.366 e. The number of nitrogens with zero attached hydrogens (tertiary/aromatic N) is 3. The number of aryl methyl sites for hydroxylation is 1. The van der Waals surface area contributed by atoms with Crippen molar-refractivity contribution in [1.82, 2.24) is 15.0 Å². The number of rotatable bonds is 2. The Balaban J connectivity index is 2.04.